The van der Waals surface area contributed by atoms with Crippen molar-refractivity contribution >= 4 is 11.8 Å². The number of rotatable bonds is 8. The van der Waals surface area contributed by atoms with Crippen molar-refractivity contribution in [3.05, 3.63) is 65.5 Å². The standard InChI is InChI=1S/C20H18F4O4/c1-2-19(18(26)27,17(25)14-6-8-15(21)9-7-14)11-13-4-3-5-16(10-13)28-12-20(22,23)24/h3-10H,2,11-12H2,1H3,(H,26,27). The zero-order valence-corrected chi connectivity index (χ0v) is 14.9. The van der Waals surface area contributed by atoms with Crippen LogP contribution in [0.4, 0.5) is 17.6 Å². The zero-order chi connectivity index (χ0) is 20.9. The number of alkyl halides is 3. The van der Waals surface area contributed by atoms with Crippen molar-refractivity contribution in [2.24, 2.45) is 5.41 Å². The molecule has 1 N–H and O–H groups in total. The number of halogens is 4. The Hall–Kier alpha value is -2.90. The molecule has 1 atom stereocenters. The fourth-order valence-electron chi connectivity index (χ4n) is 2.83. The highest BCUT2D eigenvalue weighted by Gasteiger charge is 2.45. The molecule has 150 valence electrons. The molecule has 2 rings (SSSR count). The van der Waals surface area contributed by atoms with Crippen molar-refractivity contribution in [1.29, 1.82) is 0 Å². The molecule has 0 fully saturated rings. The van der Waals surface area contributed by atoms with Crippen molar-refractivity contribution in [3.63, 3.8) is 0 Å². The van der Waals surface area contributed by atoms with E-state index in [1.165, 1.54) is 43.3 Å². The van der Waals surface area contributed by atoms with E-state index in [2.05, 4.69) is 4.74 Å². The highest BCUT2D eigenvalue weighted by Crippen LogP contribution is 2.33. The number of carboxylic acid groups (broad SMARTS) is 1. The molecule has 2 aromatic carbocycles. The summed E-state index contributed by atoms with van der Waals surface area (Å²) in [6.45, 7) is 0.0440. The van der Waals surface area contributed by atoms with Crippen molar-refractivity contribution < 1.29 is 37.0 Å². The van der Waals surface area contributed by atoms with Gasteiger partial charge in [0.05, 0.1) is 0 Å². The van der Waals surface area contributed by atoms with E-state index in [1.54, 1.807) is 0 Å². The summed E-state index contributed by atoms with van der Waals surface area (Å²) in [7, 11) is 0. The number of Topliss-reactive ketones (excluding diaryl/α,β-unsaturated/α-hetero) is 1. The average Bonchev–Trinajstić information content (AvgIpc) is 2.64. The van der Waals surface area contributed by atoms with Gasteiger partial charge in [-0.1, -0.05) is 19.1 Å². The highest BCUT2D eigenvalue weighted by molar-refractivity contribution is 6.12. The van der Waals surface area contributed by atoms with Gasteiger partial charge in [0.25, 0.3) is 0 Å². The van der Waals surface area contributed by atoms with Gasteiger partial charge in [-0.05, 0) is 54.8 Å². The molecule has 0 bridgehead atoms. The number of benzene rings is 2. The quantitative estimate of drug-likeness (QED) is 0.399. The molecule has 0 radical (unpaired) electrons. The van der Waals surface area contributed by atoms with Gasteiger partial charge in [-0.25, -0.2) is 4.39 Å². The predicted octanol–water partition coefficient (Wildman–Crippen LogP) is 4.67. The molecule has 0 saturated heterocycles. The van der Waals surface area contributed by atoms with E-state index in [1.807, 2.05) is 0 Å². The van der Waals surface area contributed by atoms with Gasteiger partial charge in [-0.15, -0.1) is 0 Å². The molecule has 2 aromatic rings. The lowest BCUT2D eigenvalue weighted by Crippen LogP contribution is -2.41. The highest BCUT2D eigenvalue weighted by atomic mass is 19.4. The monoisotopic (exact) mass is 398 g/mol. The van der Waals surface area contributed by atoms with Gasteiger partial charge in [-0.3, -0.25) is 9.59 Å². The number of ketones is 1. The Morgan fingerprint density at radius 2 is 1.71 bits per heavy atom. The van der Waals surface area contributed by atoms with Gasteiger partial charge in [0.15, 0.2) is 12.4 Å². The summed E-state index contributed by atoms with van der Waals surface area (Å²) in [6.07, 6.45) is -4.83. The lowest BCUT2D eigenvalue weighted by atomic mass is 9.73. The summed E-state index contributed by atoms with van der Waals surface area (Å²) in [5.41, 5.74) is -1.48. The van der Waals surface area contributed by atoms with Crippen LogP contribution in [0.1, 0.15) is 29.3 Å². The maximum absolute atomic E-state index is 13.1. The molecule has 0 amide bonds. The number of ether oxygens (including phenoxy) is 1. The van der Waals surface area contributed by atoms with E-state index in [-0.39, 0.29) is 24.2 Å². The smallest absolute Gasteiger partial charge is 0.422 e. The van der Waals surface area contributed by atoms with E-state index in [0.29, 0.717) is 5.56 Å². The maximum atomic E-state index is 13.1. The first kappa shape index (κ1) is 21.4. The van der Waals surface area contributed by atoms with Gasteiger partial charge in [0.2, 0.25) is 0 Å². The van der Waals surface area contributed by atoms with E-state index >= 15 is 0 Å². The van der Waals surface area contributed by atoms with Crippen LogP contribution in [-0.4, -0.2) is 29.6 Å². The molecular weight excluding hydrogens is 380 g/mol. The third kappa shape index (κ3) is 5.09. The van der Waals surface area contributed by atoms with Crippen LogP contribution in [0, 0.1) is 11.2 Å². The maximum Gasteiger partial charge on any atom is 0.422 e. The van der Waals surface area contributed by atoms with E-state index < -0.39 is 35.8 Å². The molecule has 0 aliphatic carbocycles. The second-order valence-electron chi connectivity index (χ2n) is 6.30. The van der Waals surface area contributed by atoms with Gasteiger partial charge in [0, 0.05) is 5.56 Å². The topological polar surface area (TPSA) is 63.6 Å². The molecule has 28 heavy (non-hydrogen) atoms. The van der Waals surface area contributed by atoms with Gasteiger partial charge < -0.3 is 9.84 Å². The first-order chi connectivity index (χ1) is 13.1. The number of carboxylic acids is 1. The van der Waals surface area contributed by atoms with Crippen LogP contribution in [0.25, 0.3) is 0 Å². The summed E-state index contributed by atoms with van der Waals surface area (Å²) in [5.74, 6) is -2.72. The van der Waals surface area contributed by atoms with Crippen LogP contribution in [0.15, 0.2) is 48.5 Å². The predicted molar refractivity (Wildman–Crippen MR) is 92.8 cm³/mol. The second-order valence-corrected chi connectivity index (χ2v) is 6.30. The largest absolute Gasteiger partial charge is 0.484 e. The minimum Gasteiger partial charge on any atom is -0.484 e. The Morgan fingerprint density at radius 1 is 1.07 bits per heavy atom. The number of carbonyl (C=O) groups excluding carboxylic acids is 1. The molecule has 0 aliphatic heterocycles. The fourth-order valence-corrected chi connectivity index (χ4v) is 2.83. The lowest BCUT2D eigenvalue weighted by Gasteiger charge is -2.27. The van der Waals surface area contributed by atoms with Crippen LogP contribution >= 0.6 is 0 Å². The molecule has 0 aromatic heterocycles. The molecule has 0 heterocycles. The number of hydrogen-bond acceptors (Lipinski definition) is 3. The van der Waals surface area contributed by atoms with E-state index in [4.69, 9.17) is 0 Å². The Kier molecular flexibility index (Phi) is 6.43. The molecule has 0 aliphatic rings. The molecule has 8 heteroatoms. The summed E-state index contributed by atoms with van der Waals surface area (Å²) >= 11 is 0. The van der Waals surface area contributed by atoms with E-state index in [9.17, 15) is 32.3 Å². The molecule has 0 saturated carbocycles. The summed E-state index contributed by atoms with van der Waals surface area (Å²) < 4.78 is 54.8. The normalized spacial score (nSPS) is 13.6. The molecule has 1 unspecified atom stereocenters. The average molecular weight is 398 g/mol. The van der Waals surface area contributed by atoms with Crippen LogP contribution in [0.5, 0.6) is 5.75 Å². The summed E-state index contributed by atoms with van der Waals surface area (Å²) in [4.78, 5) is 24.9. The molecular formula is C20H18F4O4. The van der Waals surface area contributed by atoms with Crippen LogP contribution in [0.3, 0.4) is 0 Å². The van der Waals surface area contributed by atoms with Crippen LogP contribution in [-0.2, 0) is 11.2 Å². The third-order valence-corrected chi connectivity index (χ3v) is 4.36. The SMILES string of the molecule is CCC(Cc1cccc(OCC(F)(F)F)c1)(C(=O)O)C(=O)c1ccc(F)cc1. The lowest BCUT2D eigenvalue weighted by molar-refractivity contribution is -0.153. The Labute approximate surface area is 158 Å². The summed E-state index contributed by atoms with van der Waals surface area (Å²) in [5, 5.41) is 9.78. The number of hydrogen-bond donors (Lipinski definition) is 1. The Balaban J connectivity index is 2.33. The fraction of sp³-hybridized carbons (Fsp3) is 0.300. The number of carbonyl (C=O) groups is 2. The van der Waals surface area contributed by atoms with Crippen molar-refractivity contribution in [2.75, 3.05) is 6.61 Å². The van der Waals surface area contributed by atoms with Gasteiger partial charge >= 0.3 is 12.1 Å². The third-order valence-electron chi connectivity index (χ3n) is 4.36. The van der Waals surface area contributed by atoms with Crippen molar-refractivity contribution in [3.8, 4) is 5.75 Å². The van der Waals surface area contributed by atoms with Crippen molar-refractivity contribution in [1.82, 2.24) is 0 Å². The first-order valence-electron chi connectivity index (χ1n) is 8.39. The second kappa shape index (κ2) is 8.41. The minimum atomic E-state index is -4.51. The minimum absolute atomic E-state index is 0.0372. The first-order valence-corrected chi connectivity index (χ1v) is 8.39. The molecule has 4 nitrogen and oxygen atoms in total. The summed E-state index contributed by atoms with van der Waals surface area (Å²) in [6, 6.07) is 10.0. The zero-order valence-electron chi connectivity index (χ0n) is 14.9. The van der Waals surface area contributed by atoms with Gasteiger partial charge in [-0.2, -0.15) is 13.2 Å². The Bertz CT molecular complexity index is 846. The van der Waals surface area contributed by atoms with E-state index in [0.717, 1.165) is 12.1 Å². The van der Waals surface area contributed by atoms with Crippen molar-refractivity contribution in [2.45, 2.75) is 25.9 Å². The van der Waals surface area contributed by atoms with Gasteiger partial charge in [0.1, 0.15) is 17.0 Å². The molecule has 0 spiro atoms. The number of aliphatic carboxylic acids is 1. The van der Waals surface area contributed by atoms with Crippen LogP contribution < -0.4 is 4.74 Å². The van der Waals surface area contributed by atoms with Crippen LogP contribution in [0.2, 0.25) is 0 Å². The Morgan fingerprint density at radius 3 is 2.25 bits per heavy atom.